The van der Waals surface area contributed by atoms with Gasteiger partial charge in [-0.15, -0.1) is 10.2 Å². The Bertz CT molecular complexity index is 1530. The summed E-state index contributed by atoms with van der Waals surface area (Å²) in [4.78, 5) is 29.0. The number of aryl methyl sites for hydroxylation is 1. The molecule has 0 aliphatic rings. The molecule has 36 heavy (non-hydrogen) atoms. The first-order valence-electron chi connectivity index (χ1n) is 10.8. The summed E-state index contributed by atoms with van der Waals surface area (Å²) in [7, 11) is -1.92. The Kier molecular flexibility index (Phi) is 7.71. The number of thioether (sulfide) groups is 1. The van der Waals surface area contributed by atoms with Gasteiger partial charge in [0.2, 0.25) is 5.91 Å². The molecule has 0 fully saturated rings. The Morgan fingerprint density at radius 1 is 1.14 bits per heavy atom. The molecule has 1 N–H and O–H groups in total. The molecule has 2 heterocycles. The van der Waals surface area contributed by atoms with Crippen LogP contribution in [0.2, 0.25) is 0 Å². The zero-order valence-corrected chi connectivity index (χ0v) is 22.2. The van der Waals surface area contributed by atoms with Crippen molar-refractivity contribution in [3.8, 4) is 0 Å². The van der Waals surface area contributed by atoms with Gasteiger partial charge in [0, 0.05) is 7.05 Å². The predicted molar refractivity (Wildman–Crippen MR) is 138 cm³/mol. The number of aromatic nitrogens is 4. The highest BCUT2D eigenvalue weighted by Gasteiger charge is 2.21. The maximum absolute atomic E-state index is 12.7. The van der Waals surface area contributed by atoms with Gasteiger partial charge in [-0.05, 0) is 44.2 Å². The number of hydrogen-bond donors (Lipinski definition) is 1. The molecule has 1 amide bonds. The van der Waals surface area contributed by atoms with Crippen LogP contribution in [0.15, 0.2) is 52.5 Å². The summed E-state index contributed by atoms with van der Waals surface area (Å²) in [5.41, 5.74) is 2.05. The van der Waals surface area contributed by atoms with Crippen molar-refractivity contribution in [3.63, 3.8) is 0 Å². The standard InChI is InChI=1S/C23H23N5O5S3/c1-4-33-21(30)15-7-10-17-18(11-15)35-22(24-17)25-20(29)12-34-23-27-26-19(28(23)3)13-36(31,32)16-8-5-14(2)6-9-16/h5-11H,4,12-13H2,1-3H3,(H,24,25,29). The maximum Gasteiger partial charge on any atom is 0.338 e. The van der Waals surface area contributed by atoms with Crippen LogP contribution in [-0.4, -0.2) is 52.4 Å². The molecule has 0 saturated carbocycles. The van der Waals surface area contributed by atoms with Crippen LogP contribution in [0.5, 0.6) is 0 Å². The van der Waals surface area contributed by atoms with E-state index in [-0.39, 0.29) is 34.7 Å². The Balaban J connectivity index is 1.37. The number of sulfone groups is 1. The predicted octanol–water partition coefficient (Wildman–Crippen LogP) is 3.61. The minimum absolute atomic E-state index is 0.0285. The summed E-state index contributed by atoms with van der Waals surface area (Å²) >= 11 is 2.39. The molecule has 4 rings (SSSR count). The first kappa shape index (κ1) is 25.8. The molecule has 13 heteroatoms. The van der Waals surface area contributed by atoms with Gasteiger partial charge >= 0.3 is 5.97 Å². The quantitative estimate of drug-likeness (QED) is 0.247. The molecular weight excluding hydrogens is 522 g/mol. The number of carbonyl (C=O) groups excluding carboxylic acids is 2. The van der Waals surface area contributed by atoms with Crippen LogP contribution >= 0.6 is 23.1 Å². The van der Waals surface area contributed by atoms with Gasteiger partial charge in [0.1, 0.15) is 11.6 Å². The monoisotopic (exact) mass is 545 g/mol. The van der Waals surface area contributed by atoms with Gasteiger partial charge < -0.3 is 14.6 Å². The maximum atomic E-state index is 12.7. The molecule has 2 aromatic carbocycles. The van der Waals surface area contributed by atoms with Crippen molar-refractivity contribution in [2.75, 3.05) is 17.7 Å². The van der Waals surface area contributed by atoms with E-state index in [0.29, 0.717) is 21.4 Å². The number of esters is 1. The number of carbonyl (C=O) groups is 2. The van der Waals surface area contributed by atoms with E-state index in [2.05, 4.69) is 20.5 Å². The molecule has 0 radical (unpaired) electrons. The summed E-state index contributed by atoms with van der Waals surface area (Å²) in [6.45, 7) is 3.91. The third-order valence-electron chi connectivity index (χ3n) is 5.10. The van der Waals surface area contributed by atoms with E-state index < -0.39 is 15.8 Å². The van der Waals surface area contributed by atoms with Crippen LogP contribution in [0.4, 0.5) is 5.13 Å². The summed E-state index contributed by atoms with van der Waals surface area (Å²) in [6.07, 6.45) is 0. The van der Waals surface area contributed by atoms with E-state index >= 15 is 0 Å². The van der Waals surface area contributed by atoms with E-state index in [9.17, 15) is 18.0 Å². The van der Waals surface area contributed by atoms with Crippen molar-refractivity contribution in [2.45, 2.75) is 29.7 Å². The Labute approximate surface area is 216 Å². The summed E-state index contributed by atoms with van der Waals surface area (Å²) in [5, 5.41) is 11.6. The van der Waals surface area contributed by atoms with Crippen molar-refractivity contribution in [2.24, 2.45) is 7.05 Å². The number of thiazole rings is 1. The topological polar surface area (TPSA) is 133 Å². The number of nitrogens with one attached hydrogen (secondary N) is 1. The molecule has 0 bridgehead atoms. The van der Waals surface area contributed by atoms with E-state index in [1.165, 1.54) is 11.3 Å². The highest BCUT2D eigenvalue weighted by Crippen LogP contribution is 2.27. The number of anilines is 1. The van der Waals surface area contributed by atoms with Crippen LogP contribution in [0.25, 0.3) is 10.2 Å². The molecule has 10 nitrogen and oxygen atoms in total. The smallest absolute Gasteiger partial charge is 0.338 e. The summed E-state index contributed by atoms with van der Waals surface area (Å²) in [5.74, 6) is -0.708. The van der Waals surface area contributed by atoms with E-state index in [1.807, 2.05) is 6.92 Å². The van der Waals surface area contributed by atoms with Gasteiger partial charge in [0.15, 0.2) is 20.1 Å². The van der Waals surface area contributed by atoms with Gasteiger partial charge in [-0.1, -0.05) is 40.8 Å². The largest absolute Gasteiger partial charge is 0.462 e. The highest BCUT2D eigenvalue weighted by molar-refractivity contribution is 7.99. The Morgan fingerprint density at radius 3 is 2.61 bits per heavy atom. The number of fused-ring (bicyclic) bond motifs is 1. The zero-order valence-electron chi connectivity index (χ0n) is 19.7. The summed E-state index contributed by atoms with van der Waals surface area (Å²) < 4.78 is 32.8. The Hall–Kier alpha value is -3.29. The number of ether oxygens (including phenoxy) is 1. The molecule has 0 aliphatic carbocycles. The lowest BCUT2D eigenvalue weighted by Crippen LogP contribution is -2.14. The SMILES string of the molecule is CCOC(=O)c1ccc2nc(NC(=O)CSc3nnc(CS(=O)(=O)c4ccc(C)cc4)n3C)sc2c1. The van der Waals surface area contributed by atoms with Gasteiger partial charge in [-0.25, -0.2) is 18.2 Å². The molecule has 0 unspecified atom stereocenters. The molecule has 2 aromatic heterocycles. The number of nitrogens with zero attached hydrogens (tertiary/aromatic N) is 4. The Morgan fingerprint density at radius 2 is 1.89 bits per heavy atom. The van der Waals surface area contributed by atoms with Crippen LogP contribution in [0.3, 0.4) is 0 Å². The van der Waals surface area contributed by atoms with E-state index in [4.69, 9.17) is 4.74 Å². The lowest BCUT2D eigenvalue weighted by Gasteiger charge is -2.06. The average molecular weight is 546 g/mol. The first-order valence-corrected chi connectivity index (χ1v) is 14.3. The average Bonchev–Trinajstić information content (AvgIpc) is 3.39. The van der Waals surface area contributed by atoms with Crippen molar-refractivity contribution in [3.05, 3.63) is 59.4 Å². The van der Waals surface area contributed by atoms with Crippen LogP contribution in [0, 0.1) is 6.92 Å². The summed E-state index contributed by atoms with van der Waals surface area (Å²) in [6, 6.07) is 11.6. The lowest BCUT2D eigenvalue weighted by molar-refractivity contribution is -0.113. The van der Waals surface area contributed by atoms with Crippen molar-refractivity contribution < 1.29 is 22.7 Å². The van der Waals surface area contributed by atoms with Gasteiger partial charge in [0.05, 0.1) is 33.0 Å². The van der Waals surface area contributed by atoms with E-state index in [1.54, 1.807) is 61.0 Å². The first-order chi connectivity index (χ1) is 17.2. The second kappa shape index (κ2) is 10.8. The van der Waals surface area contributed by atoms with Crippen molar-refractivity contribution in [1.29, 1.82) is 0 Å². The van der Waals surface area contributed by atoms with Crippen molar-refractivity contribution in [1.82, 2.24) is 19.7 Å². The fraction of sp³-hybridized carbons (Fsp3) is 0.261. The van der Waals surface area contributed by atoms with Crippen LogP contribution in [0.1, 0.15) is 28.7 Å². The molecule has 0 saturated heterocycles. The number of rotatable bonds is 9. The van der Waals surface area contributed by atoms with Gasteiger partial charge in [-0.3, -0.25) is 4.79 Å². The third kappa shape index (κ3) is 5.91. The number of amides is 1. The second-order valence-corrected chi connectivity index (χ2v) is 11.8. The molecule has 0 spiro atoms. The number of benzene rings is 2. The van der Waals surface area contributed by atoms with Crippen LogP contribution in [-0.2, 0) is 32.2 Å². The normalized spacial score (nSPS) is 11.5. The zero-order chi connectivity index (χ0) is 25.9. The minimum atomic E-state index is -3.58. The number of hydrogen-bond acceptors (Lipinski definition) is 10. The third-order valence-corrected chi connectivity index (χ3v) is 8.69. The minimum Gasteiger partial charge on any atom is -0.462 e. The van der Waals surface area contributed by atoms with Crippen molar-refractivity contribution >= 4 is 60.2 Å². The fourth-order valence-corrected chi connectivity index (χ4v) is 6.16. The molecule has 4 aromatic rings. The molecule has 0 aliphatic heterocycles. The fourth-order valence-electron chi connectivity index (χ4n) is 3.20. The van der Waals surface area contributed by atoms with Gasteiger partial charge in [-0.2, -0.15) is 0 Å². The highest BCUT2D eigenvalue weighted by atomic mass is 32.2. The van der Waals surface area contributed by atoms with Crippen LogP contribution < -0.4 is 5.32 Å². The van der Waals surface area contributed by atoms with E-state index in [0.717, 1.165) is 22.0 Å². The molecular formula is C23H23N5O5S3. The molecule has 188 valence electrons. The second-order valence-electron chi connectivity index (χ2n) is 7.79. The lowest BCUT2D eigenvalue weighted by atomic mass is 10.2. The van der Waals surface area contributed by atoms with Gasteiger partial charge in [0.25, 0.3) is 0 Å². The molecule has 0 atom stereocenters.